The van der Waals surface area contributed by atoms with Gasteiger partial charge >= 0.3 is 0 Å². The average molecular weight is 264 g/mol. The van der Waals surface area contributed by atoms with Crippen LogP contribution in [0.4, 0.5) is 4.39 Å². The van der Waals surface area contributed by atoms with Gasteiger partial charge in [0.25, 0.3) is 0 Å². The molecule has 2 saturated heterocycles. The number of fused-ring (bicyclic) bond motifs is 1. The molecule has 0 amide bonds. The molecule has 0 aromatic heterocycles. The average Bonchev–Trinajstić information content (AvgIpc) is 2.98. The number of hydrogen-bond acceptors (Lipinski definition) is 3. The second-order valence-electron chi connectivity index (χ2n) is 5.66. The molecule has 1 aromatic rings. The molecule has 19 heavy (non-hydrogen) atoms. The van der Waals surface area contributed by atoms with Crippen LogP contribution in [0.25, 0.3) is 0 Å². The van der Waals surface area contributed by atoms with Crippen molar-refractivity contribution in [2.75, 3.05) is 33.3 Å². The molecule has 0 radical (unpaired) electrons. The Labute approximate surface area is 113 Å². The first-order chi connectivity index (χ1) is 9.20. The Morgan fingerprint density at radius 2 is 2.00 bits per heavy atom. The summed E-state index contributed by atoms with van der Waals surface area (Å²) < 4.78 is 19.4. The monoisotopic (exact) mass is 264 g/mol. The number of ether oxygens (including phenoxy) is 1. The van der Waals surface area contributed by atoms with Crippen molar-refractivity contribution in [3.05, 3.63) is 29.6 Å². The molecule has 2 aliphatic rings. The summed E-state index contributed by atoms with van der Waals surface area (Å²) in [5.41, 5.74) is 0.693. The van der Waals surface area contributed by atoms with Crippen LogP contribution in [0.5, 0.6) is 5.75 Å². The van der Waals surface area contributed by atoms with Crippen molar-refractivity contribution < 1.29 is 9.13 Å². The molecule has 3 atom stereocenters. The van der Waals surface area contributed by atoms with Gasteiger partial charge in [0.1, 0.15) is 11.6 Å². The van der Waals surface area contributed by atoms with Crippen LogP contribution in [0.1, 0.15) is 18.5 Å². The summed E-state index contributed by atoms with van der Waals surface area (Å²) in [6, 6.07) is 5.13. The van der Waals surface area contributed by atoms with E-state index in [1.165, 1.54) is 6.07 Å². The van der Waals surface area contributed by atoms with E-state index in [1.54, 1.807) is 13.2 Å². The zero-order valence-electron chi connectivity index (χ0n) is 11.5. The lowest BCUT2D eigenvalue weighted by molar-refractivity contribution is 0.233. The van der Waals surface area contributed by atoms with Crippen molar-refractivity contribution in [1.82, 2.24) is 10.2 Å². The fraction of sp³-hybridized carbons (Fsp3) is 0.600. The van der Waals surface area contributed by atoms with E-state index >= 15 is 0 Å². The predicted octanol–water partition coefficient (Wildman–Crippen LogP) is 2.05. The standard InChI is InChI=1S/C15H21FN2O/c1-10(15-13(16)4-3-5-14(15)19-2)18-8-11-6-17-7-12(11)9-18/h3-5,10-12,17H,6-9H2,1-2H3. The van der Waals surface area contributed by atoms with Crippen LogP contribution in [0.15, 0.2) is 18.2 Å². The largest absolute Gasteiger partial charge is 0.496 e. The molecule has 104 valence electrons. The number of nitrogens with zero attached hydrogens (tertiary/aromatic N) is 1. The fourth-order valence-corrected chi connectivity index (χ4v) is 3.49. The van der Waals surface area contributed by atoms with Crippen LogP contribution < -0.4 is 10.1 Å². The first-order valence-electron chi connectivity index (χ1n) is 6.98. The van der Waals surface area contributed by atoms with E-state index in [0.717, 1.165) is 38.0 Å². The van der Waals surface area contributed by atoms with E-state index in [0.29, 0.717) is 11.3 Å². The summed E-state index contributed by atoms with van der Waals surface area (Å²) in [6.07, 6.45) is 0. The summed E-state index contributed by atoms with van der Waals surface area (Å²) >= 11 is 0. The Bertz CT molecular complexity index is 453. The molecule has 1 aromatic carbocycles. The van der Waals surface area contributed by atoms with E-state index in [9.17, 15) is 4.39 Å². The molecule has 0 aliphatic carbocycles. The van der Waals surface area contributed by atoms with Gasteiger partial charge in [-0.2, -0.15) is 0 Å². The Balaban J connectivity index is 1.83. The van der Waals surface area contributed by atoms with Gasteiger partial charge in [0.15, 0.2) is 0 Å². The molecule has 3 unspecified atom stereocenters. The predicted molar refractivity (Wildman–Crippen MR) is 72.8 cm³/mol. The third kappa shape index (κ3) is 2.23. The summed E-state index contributed by atoms with van der Waals surface area (Å²) in [7, 11) is 1.60. The maximum Gasteiger partial charge on any atom is 0.131 e. The molecule has 4 heteroatoms. The number of benzene rings is 1. The van der Waals surface area contributed by atoms with Gasteiger partial charge in [-0.15, -0.1) is 0 Å². The van der Waals surface area contributed by atoms with E-state index in [4.69, 9.17) is 4.74 Å². The first-order valence-corrected chi connectivity index (χ1v) is 6.98. The smallest absolute Gasteiger partial charge is 0.131 e. The Hall–Kier alpha value is -1.13. The van der Waals surface area contributed by atoms with Crippen LogP contribution in [-0.4, -0.2) is 38.2 Å². The van der Waals surface area contributed by atoms with E-state index in [-0.39, 0.29) is 11.9 Å². The summed E-state index contributed by atoms with van der Waals surface area (Å²) in [5.74, 6) is 1.94. The van der Waals surface area contributed by atoms with Crippen LogP contribution in [-0.2, 0) is 0 Å². The van der Waals surface area contributed by atoms with Gasteiger partial charge in [-0.1, -0.05) is 6.07 Å². The number of hydrogen-bond donors (Lipinski definition) is 1. The van der Waals surface area contributed by atoms with Crippen molar-refractivity contribution >= 4 is 0 Å². The van der Waals surface area contributed by atoms with Crippen LogP contribution in [0, 0.1) is 17.7 Å². The van der Waals surface area contributed by atoms with E-state index in [2.05, 4.69) is 17.1 Å². The molecular formula is C15H21FN2O. The molecule has 3 rings (SSSR count). The van der Waals surface area contributed by atoms with Gasteiger partial charge in [-0.05, 0) is 44.0 Å². The molecule has 0 bridgehead atoms. The van der Waals surface area contributed by atoms with Crippen molar-refractivity contribution in [2.24, 2.45) is 11.8 Å². The molecule has 0 saturated carbocycles. The minimum absolute atomic E-state index is 0.0711. The number of methoxy groups -OCH3 is 1. The highest BCUT2D eigenvalue weighted by Crippen LogP contribution is 2.37. The second kappa shape index (κ2) is 5.10. The van der Waals surface area contributed by atoms with Crippen molar-refractivity contribution in [3.63, 3.8) is 0 Å². The molecule has 0 spiro atoms. The normalized spacial score (nSPS) is 28.4. The van der Waals surface area contributed by atoms with Gasteiger partial charge in [-0.25, -0.2) is 4.39 Å². The third-order valence-electron chi connectivity index (χ3n) is 4.62. The Morgan fingerprint density at radius 3 is 2.63 bits per heavy atom. The Kier molecular flexibility index (Phi) is 3.46. The molecule has 2 heterocycles. The highest BCUT2D eigenvalue weighted by molar-refractivity contribution is 5.37. The second-order valence-corrected chi connectivity index (χ2v) is 5.66. The summed E-state index contributed by atoms with van der Waals surface area (Å²) in [5, 5.41) is 3.43. The lowest BCUT2D eigenvalue weighted by Gasteiger charge is -2.27. The van der Waals surface area contributed by atoms with Crippen molar-refractivity contribution in [1.29, 1.82) is 0 Å². The third-order valence-corrected chi connectivity index (χ3v) is 4.62. The number of nitrogens with one attached hydrogen (secondary N) is 1. The van der Waals surface area contributed by atoms with Crippen LogP contribution in [0.3, 0.4) is 0 Å². The SMILES string of the molecule is COc1cccc(F)c1C(C)N1CC2CNCC2C1. The van der Waals surface area contributed by atoms with Gasteiger partial charge in [0, 0.05) is 24.7 Å². The Morgan fingerprint density at radius 1 is 1.32 bits per heavy atom. The molecular weight excluding hydrogens is 243 g/mol. The molecule has 2 fully saturated rings. The van der Waals surface area contributed by atoms with Crippen molar-refractivity contribution in [3.8, 4) is 5.75 Å². The fourth-order valence-electron chi connectivity index (χ4n) is 3.49. The highest BCUT2D eigenvalue weighted by atomic mass is 19.1. The van der Waals surface area contributed by atoms with Crippen LogP contribution >= 0.6 is 0 Å². The van der Waals surface area contributed by atoms with E-state index in [1.807, 2.05) is 6.07 Å². The van der Waals surface area contributed by atoms with Gasteiger partial charge in [0.2, 0.25) is 0 Å². The first kappa shape index (κ1) is 12.9. The maximum absolute atomic E-state index is 14.1. The topological polar surface area (TPSA) is 24.5 Å². The number of likely N-dealkylation sites (tertiary alicyclic amines) is 1. The molecule has 2 aliphatic heterocycles. The van der Waals surface area contributed by atoms with Crippen molar-refractivity contribution in [2.45, 2.75) is 13.0 Å². The lowest BCUT2D eigenvalue weighted by Crippen LogP contribution is -2.29. The molecule has 3 nitrogen and oxygen atoms in total. The number of halogens is 1. The summed E-state index contributed by atoms with van der Waals surface area (Å²) in [4.78, 5) is 2.39. The van der Waals surface area contributed by atoms with Gasteiger partial charge in [-0.3, -0.25) is 4.90 Å². The van der Waals surface area contributed by atoms with Crippen LogP contribution in [0.2, 0.25) is 0 Å². The molecule has 1 N–H and O–H groups in total. The zero-order valence-corrected chi connectivity index (χ0v) is 11.5. The summed E-state index contributed by atoms with van der Waals surface area (Å²) in [6.45, 7) is 6.38. The maximum atomic E-state index is 14.1. The zero-order chi connectivity index (χ0) is 13.4. The minimum Gasteiger partial charge on any atom is -0.496 e. The quantitative estimate of drug-likeness (QED) is 0.904. The minimum atomic E-state index is -0.165. The lowest BCUT2D eigenvalue weighted by atomic mass is 10.0. The van der Waals surface area contributed by atoms with Gasteiger partial charge < -0.3 is 10.1 Å². The highest BCUT2D eigenvalue weighted by Gasteiger charge is 2.38. The van der Waals surface area contributed by atoms with Gasteiger partial charge in [0.05, 0.1) is 7.11 Å². The number of rotatable bonds is 3. The van der Waals surface area contributed by atoms with E-state index < -0.39 is 0 Å².